The van der Waals surface area contributed by atoms with E-state index in [1.165, 1.54) is 11.7 Å². The molecule has 0 saturated heterocycles. The molecule has 0 aromatic carbocycles. The van der Waals surface area contributed by atoms with E-state index in [0.29, 0.717) is 29.8 Å². The molecule has 6 nitrogen and oxygen atoms in total. The minimum Gasteiger partial charge on any atom is -0.438 e. The van der Waals surface area contributed by atoms with Crippen molar-refractivity contribution in [1.29, 1.82) is 0 Å². The fourth-order valence-electron chi connectivity index (χ4n) is 1.97. The lowest BCUT2D eigenvalue weighted by Gasteiger charge is -2.09. The molecule has 0 amide bonds. The fourth-order valence-corrected chi connectivity index (χ4v) is 1.97. The summed E-state index contributed by atoms with van der Waals surface area (Å²) >= 11 is 0. The van der Waals surface area contributed by atoms with Gasteiger partial charge in [-0.2, -0.15) is 0 Å². The molecule has 0 aliphatic carbocycles. The van der Waals surface area contributed by atoms with Crippen LogP contribution in [0.4, 0.5) is 4.79 Å². The average molecular weight is 251 g/mol. The van der Waals surface area contributed by atoms with E-state index < -0.39 is 6.16 Å². The second-order valence-electron chi connectivity index (χ2n) is 4.06. The summed E-state index contributed by atoms with van der Waals surface area (Å²) in [5.74, 6) is -0.0318. The summed E-state index contributed by atoms with van der Waals surface area (Å²) in [6, 6.07) is 1.66. The number of Topliss-reactive ketones (excluding diaryl/α,β-unsaturated/α-hetero) is 1. The van der Waals surface area contributed by atoms with Crippen LogP contribution in [-0.4, -0.2) is 23.6 Å². The maximum absolute atomic E-state index is 12.1. The molecule has 0 saturated carbocycles. The molecule has 1 aliphatic heterocycles. The van der Waals surface area contributed by atoms with E-state index in [9.17, 15) is 14.4 Å². The SMILES string of the molecule is COC(=O)OCc1c(C)cc2n(c1=O)CCC2=O. The van der Waals surface area contributed by atoms with Crippen molar-refractivity contribution >= 4 is 11.9 Å². The predicted molar refractivity (Wildman–Crippen MR) is 61.6 cm³/mol. The minimum atomic E-state index is -0.838. The number of nitrogens with zero attached hydrogens (tertiary/aromatic N) is 1. The van der Waals surface area contributed by atoms with Crippen LogP contribution in [0, 0.1) is 6.92 Å². The van der Waals surface area contributed by atoms with Crippen molar-refractivity contribution in [3.8, 4) is 0 Å². The molecule has 0 atom stereocenters. The highest BCUT2D eigenvalue weighted by Crippen LogP contribution is 2.16. The van der Waals surface area contributed by atoms with Crippen LogP contribution >= 0.6 is 0 Å². The van der Waals surface area contributed by atoms with Crippen LogP contribution in [0.2, 0.25) is 0 Å². The molecule has 0 unspecified atom stereocenters. The molecule has 18 heavy (non-hydrogen) atoms. The first-order valence-corrected chi connectivity index (χ1v) is 5.52. The van der Waals surface area contributed by atoms with Gasteiger partial charge in [-0.05, 0) is 18.6 Å². The molecular weight excluding hydrogens is 238 g/mol. The average Bonchev–Trinajstić information content (AvgIpc) is 2.70. The highest BCUT2D eigenvalue weighted by molar-refractivity contribution is 5.96. The van der Waals surface area contributed by atoms with Crippen LogP contribution < -0.4 is 5.56 Å². The summed E-state index contributed by atoms with van der Waals surface area (Å²) in [6.45, 7) is 1.95. The number of carbonyl (C=O) groups is 2. The number of methoxy groups -OCH3 is 1. The molecule has 0 N–H and O–H groups in total. The van der Waals surface area contributed by atoms with E-state index in [1.807, 2.05) is 0 Å². The molecule has 2 rings (SSSR count). The molecular formula is C12H13NO5. The highest BCUT2D eigenvalue weighted by atomic mass is 16.7. The number of aryl methyl sites for hydroxylation is 1. The summed E-state index contributed by atoms with van der Waals surface area (Å²) in [5.41, 5.74) is 1.17. The van der Waals surface area contributed by atoms with Gasteiger partial charge in [0, 0.05) is 13.0 Å². The number of fused-ring (bicyclic) bond motifs is 1. The van der Waals surface area contributed by atoms with Gasteiger partial charge in [-0.3, -0.25) is 9.59 Å². The fraction of sp³-hybridized carbons (Fsp3) is 0.417. The van der Waals surface area contributed by atoms with E-state index in [0.717, 1.165) is 0 Å². The standard InChI is InChI=1S/C12H13NO5/c1-7-5-9-10(14)3-4-13(9)11(15)8(7)6-18-12(16)17-2/h5H,3-4,6H2,1-2H3. The van der Waals surface area contributed by atoms with E-state index in [4.69, 9.17) is 4.74 Å². The van der Waals surface area contributed by atoms with Gasteiger partial charge < -0.3 is 14.0 Å². The number of hydrogen-bond donors (Lipinski definition) is 0. The molecule has 0 radical (unpaired) electrons. The molecule has 6 heteroatoms. The number of aromatic nitrogens is 1. The Labute approximate surface area is 103 Å². The number of ether oxygens (including phenoxy) is 2. The van der Waals surface area contributed by atoms with Crippen LogP contribution in [0.1, 0.15) is 28.0 Å². The van der Waals surface area contributed by atoms with Gasteiger partial charge in [0.1, 0.15) is 6.61 Å². The van der Waals surface area contributed by atoms with Crippen molar-refractivity contribution in [2.45, 2.75) is 26.5 Å². The first-order valence-electron chi connectivity index (χ1n) is 5.52. The third kappa shape index (κ3) is 2.01. The highest BCUT2D eigenvalue weighted by Gasteiger charge is 2.23. The van der Waals surface area contributed by atoms with E-state index in [1.54, 1.807) is 13.0 Å². The third-order valence-corrected chi connectivity index (χ3v) is 2.97. The molecule has 0 fully saturated rings. The zero-order chi connectivity index (χ0) is 13.3. The van der Waals surface area contributed by atoms with Gasteiger partial charge in [0.2, 0.25) is 0 Å². The minimum absolute atomic E-state index is 0.0318. The Kier molecular flexibility index (Phi) is 3.18. The van der Waals surface area contributed by atoms with Gasteiger partial charge in [-0.1, -0.05) is 0 Å². The zero-order valence-corrected chi connectivity index (χ0v) is 10.2. The number of hydrogen-bond acceptors (Lipinski definition) is 5. The molecule has 2 heterocycles. The summed E-state index contributed by atoms with van der Waals surface area (Å²) in [4.78, 5) is 34.5. The lowest BCUT2D eigenvalue weighted by Crippen LogP contribution is -2.26. The van der Waals surface area contributed by atoms with E-state index >= 15 is 0 Å². The van der Waals surface area contributed by atoms with Crippen LogP contribution in [0.15, 0.2) is 10.9 Å². The summed E-state index contributed by atoms with van der Waals surface area (Å²) in [6.07, 6.45) is -0.494. The Morgan fingerprint density at radius 3 is 2.83 bits per heavy atom. The Bertz CT molecular complexity index is 573. The number of carbonyl (C=O) groups excluding carboxylic acids is 2. The summed E-state index contributed by atoms with van der Waals surface area (Å²) < 4.78 is 10.5. The van der Waals surface area contributed by atoms with Gasteiger partial charge in [-0.15, -0.1) is 0 Å². The first kappa shape index (κ1) is 12.3. The maximum atomic E-state index is 12.1. The predicted octanol–water partition coefficient (Wildman–Crippen LogP) is 1.03. The summed E-state index contributed by atoms with van der Waals surface area (Å²) in [7, 11) is 1.20. The molecule has 1 aromatic heterocycles. The van der Waals surface area contributed by atoms with E-state index in [2.05, 4.69) is 4.74 Å². The molecule has 0 spiro atoms. The molecule has 96 valence electrons. The Morgan fingerprint density at radius 2 is 2.17 bits per heavy atom. The largest absolute Gasteiger partial charge is 0.508 e. The van der Waals surface area contributed by atoms with Crippen molar-refractivity contribution in [2.75, 3.05) is 7.11 Å². The monoisotopic (exact) mass is 251 g/mol. The van der Waals surface area contributed by atoms with Gasteiger partial charge in [0.05, 0.1) is 18.4 Å². The number of rotatable bonds is 2. The van der Waals surface area contributed by atoms with Gasteiger partial charge in [0.15, 0.2) is 5.78 Å². The van der Waals surface area contributed by atoms with Crippen molar-refractivity contribution in [3.63, 3.8) is 0 Å². The third-order valence-electron chi connectivity index (χ3n) is 2.97. The zero-order valence-electron chi connectivity index (χ0n) is 10.2. The van der Waals surface area contributed by atoms with Gasteiger partial charge in [-0.25, -0.2) is 4.79 Å². The number of ketones is 1. The van der Waals surface area contributed by atoms with Gasteiger partial charge in [0.25, 0.3) is 5.56 Å². The Balaban J connectivity index is 2.35. The maximum Gasteiger partial charge on any atom is 0.508 e. The Morgan fingerprint density at radius 1 is 1.44 bits per heavy atom. The van der Waals surface area contributed by atoms with Crippen LogP contribution in [0.25, 0.3) is 0 Å². The Hall–Kier alpha value is -2.11. The molecule has 0 bridgehead atoms. The van der Waals surface area contributed by atoms with Crippen LogP contribution in [0.3, 0.4) is 0 Å². The second-order valence-corrected chi connectivity index (χ2v) is 4.06. The topological polar surface area (TPSA) is 74.6 Å². The molecule has 1 aliphatic rings. The van der Waals surface area contributed by atoms with Crippen molar-refractivity contribution in [2.24, 2.45) is 0 Å². The van der Waals surface area contributed by atoms with Crippen LogP contribution in [-0.2, 0) is 22.6 Å². The normalized spacial score (nSPS) is 13.3. The van der Waals surface area contributed by atoms with Crippen molar-refractivity contribution in [1.82, 2.24) is 4.57 Å². The van der Waals surface area contributed by atoms with Crippen LogP contribution in [0.5, 0.6) is 0 Å². The summed E-state index contributed by atoms with van der Waals surface area (Å²) in [5, 5.41) is 0. The van der Waals surface area contributed by atoms with E-state index in [-0.39, 0.29) is 17.9 Å². The van der Waals surface area contributed by atoms with Crippen molar-refractivity contribution < 1.29 is 19.1 Å². The smallest absolute Gasteiger partial charge is 0.438 e. The quantitative estimate of drug-likeness (QED) is 0.734. The first-order chi connectivity index (χ1) is 8.54. The second kappa shape index (κ2) is 4.64. The molecule has 1 aromatic rings. The van der Waals surface area contributed by atoms with Crippen molar-refractivity contribution in [3.05, 3.63) is 33.2 Å². The van der Waals surface area contributed by atoms with Gasteiger partial charge >= 0.3 is 6.16 Å². The lowest BCUT2D eigenvalue weighted by atomic mass is 10.1. The number of pyridine rings is 1. The lowest BCUT2D eigenvalue weighted by molar-refractivity contribution is 0.0663.